The average Bonchev–Trinajstić information content (AvgIpc) is 3.66. The number of carbonyl (C=O) groups is 2. The number of nitrogens with one attached hydrogen (secondary N) is 1. The van der Waals surface area contributed by atoms with E-state index in [1.54, 1.807) is 24.5 Å². The van der Waals surface area contributed by atoms with Crippen LogP contribution in [0, 0.1) is 0 Å². The van der Waals surface area contributed by atoms with Gasteiger partial charge < -0.3 is 56.8 Å². The number of hydrogen-bond acceptors (Lipinski definition) is 15. The first kappa shape index (κ1) is 61.4. The Morgan fingerprint density at radius 2 is 1.06 bits per heavy atom. The van der Waals surface area contributed by atoms with E-state index in [1.165, 1.54) is 6.08 Å². The van der Waals surface area contributed by atoms with Crippen molar-refractivity contribution in [2.75, 3.05) is 116 Å². The summed E-state index contributed by atoms with van der Waals surface area (Å²) in [5, 5.41) is 35.6. The van der Waals surface area contributed by atoms with Gasteiger partial charge in [-0.3, -0.25) is 14.8 Å². The Balaban J connectivity index is 0. The molecule has 0 bridgehead atoms. The van der Waals surface area contributed by atoms with Crippen LogP contribution in [0.15, 0.2) is 85.5 Å². The molecule has 0 aliphatic carbocycles. The van der Waals surface area contributed by atoms with Crippen LogP contribution in [0.5, 0.6) is 0 Å². The molecule has 2 aliphatic rings. The number of carboxylic acid groups (broad SMARTS) is 1. The fraction of sp³-hybridized carbons (Fsp3) is 0.458. The van der Waals surface area contributed by atoms with Crippen LogP contribution in [-0.2, 0) is 9.59 Å². The van der Waals surface area contributed by atoms with E-state index in [0.717, 1.165) is 117 Å². The van der Waals surface area contributed by atoms with Crippen LogP contribution in [0.25, 0.3) is 34.7 Å². The second kappa shape index (κ2) is 35.7. The monoisotopic (exact) mass is 906 g/mol. The minimum absolute atomic E-state index is 0. The first-order valence-electron chi connectivity index (χ1n) is 20.4. The van der Waals surface area contributed by atoms with Gasteiger partial charge in [-0.2, -0.15) is 0 Å². The molecule has 362 valence electrons. The zero-order valence-electron chi connectivity index (χ0n) is 35.4. The van der Waals surface area contributed by atoms with Crippen molar-refractivity contribution in [3.8, 4) is 22.5 Å². The minimum atomic E-state index is -0.960. The Bertz CT molecular complexity index is 1940. The molecule has 0 radical (unpaired) electrons. The van der Waals surface area contributed by atoms with Gasteiger partial charge in [0.05, 0.1) is 56.0 Å². The molecule has 2 aromatic carbocycles. The number of carbonyl (C=O) groups excluding carboxylic acids is 1. The molecule has 4 heterocycles. The van der Waals surface area contributed by atoms with Gasteiger partial charge in [-0.15, -0.1) is 0 Å². The van der Waals surface area contributed by atoms with Gasteiger partial charge in [0.2, 0.25) is 5.91 Å². The molecule has 2 fully saturated rings. The number of likely N-dealkylation sites (N-methyl/N-ethyl adjacent to an activating group) is 2. The molecule has 4 aromatic rings. The maximum absolute atomic E-state index is 11.7. The fourth-order valence-corrected chi connectivity index (χ4v) is 6.03. The van der Waals surface area contributed by atoms with Crippen molar-refractivity contribution >= 4 is 35.7 Å². The normalized spacial score (nSPS) is 13.8. The summed E-state index contributed by atoms with van der Waals surface area (Å²) in [7, 11) is 4.29. The molecular formula is C48H79N11O6. The van der Waals surface area contributed by atoms with E-state index in [2.05, 4.69) is 49.0 Å². The van der Waals surface area contributed by atoms with E-state index in [0.29, 0.717) is 13.1 Å². The lowest BCUT2D eigenvalue weighted by molar-refractivity contribution is -0.131. The van der Waals surface area contributed by atoms with E-state index in [9.17, 15) is 9.59 Å². The average molecular weight is 906 g/mol. The standard InChI is InChI=1S/C21H27N5O2.C19H22N4O2.2C2H7NO.4CH4/c1-25-9-3-10-26(12-11-25)20-16-22-15-19(24-20)18-5-2-4-17(14-18)6-7-21(28)23-8-13-27;1-22-8-3-9-23(11-10-22)18-14-20-13-17(21-18)16-5-2-4-15(12-16)6-7-19(24)25;2*3-1-2-4;;;;/h2,4-7,14-16,27H,3,8-13H2,1H3,(H,23,28);2,4-7,12-14H,3,8-11H2,1H3,(H,24,25);2*4H,1-3H2;4*1H4/b2*7-6+;;;;;;. The molecule has 9 N–H and O–H groups in total. The highest BCUT2D eigenvalue weighted by molar-refractivity contribution is 5.91. The highest BCUT2D eigenvalue weighted by atomic mass is 16.4. The number of anilines is 2. The lowest BCUT2D eigenvalue weighted by Crippen LogP contribution is -2.29. The van der Waals surface area contributed by atoms with Gasteiger partial charge in [-0.05, 0) is 75.4 Å². The van der Waals surface area contributed by atoms with Crippen molar-refractivity contribution in [3.63, 3.8) is 0 Å². The van der Waals surface area contributed by atoms with Crippen LogP contribution >= 0.6 is 0 Å². The third-order valence-corrected chi connectivity index (χ3v) is 9.21. The number of carboxylic acids is 1. The molecule has 2 aromatic heterocycles. The van der Waals surface area contributed by atoms with Crippen molar-refractivity contribution in [2.45, 2.75) is 42.5 Å². The Morgan fingerprint density at radius 3 is 1.46 bits per heavy atom. The van der Waals surface area contributed by atoms with Crippen LogP contribution in [0.2, 0.25) is 0 Å². The zero-order valence-corrected chi connectivity index (χ0v) is 35.4. The lowest BCUT2D eigenvalue weighted by atomic mass is 10.1. The van der Waals surface area contributed by atoms with Crippen molar-refractivity contribution < 1.29 is 30.0 Å². The molecule has 65 heavy (non-hydrogen) atoms. The number of aliphatic hydroxyl groups is 3. The summed E-state index contributed by atoms with van der Waals surface area (Å²) in [6, 6.07) is 15.5. The van der Waals surface area contributed by atoms with E-state index in [-0.39, 0.29) is 62.0 Å². The van der Waals surface area contributed by atoms with Gasteiger partial charge in [-0.1, -0.05) is 66.1 Å². The zero-order chi connectivity index (χ0) is 44.2. The number of benzene rings is 2. The molecule has 0 unspecified atom stereocenters. The van der Waals surface area contributed by atoms with Crippen LogP contribution in [0.3, 0.4) is 0 Å². The predicted molar refractivity (Wildman–Crippen MR) is 269 cm³/mol. The van der Waals surface area contributed by atoms with Crippen molar-refractivity contribution in [2.24, 2.45) is 11.5 Å². The number of amides is 1. The second-order valence-electron chi connectivity index (χ2n) is 14.1. The summed E-state index contributed by atoms with van der Waals surface area (Å²) in [5.41, 5.74) is 14.8. The Morgan fingerprint density at radius 1 is 0.631 bits per heavy atom. The van der Waals surface area contributed by atoms with Crippen LogP contribution in [0.1, 0.15) is 53.7 Å². The van der Waals surface area contributed by atoms with E-state index >= 15 is 0 Å². The highest BCUT2D eigenvalue weighted by Gasteiger charge is 2.16. The number of hydrogen-bond donors (Lipinski definition) is 7. The summed E-state index contributed by atoms with van der Waals surface area (Å²) in [5.74, 6) is 0.599. The van der Waals surface area contributed by atoms with Gasteiger partial charge in [0.15, 0.2) is 0 Å². The molecule has 1 amide bonds. The number of aliphatic carboxylic acids is 1. The minimum Gasteiger partial charge on any atom is -0.478 e. The SMILES string of the molecule is C.C.C.C.CN1CCCN(c2cncc(-c3cccc(/C=C/C(=O)NCCO)c3)n2)CC1.CN1CCCN(c2cncc(-c3cccc(/C=C/C(=O)O)c3)n2)CC1.NCCO.NCCO. The van der Waals surface area contributed by atoms with Gasteiger partial charge >= 0.3 is 5.97 Å². The number of nitrogens with two attached hydrogens (primary N) is 2. The molecule has 17 heteroatoms. The highest BCUT2D eigenvalue weighted by Crippen LogP contribution is 2.23. The summed E-state index contributed by atoms with van der Waals surface area (Å²) >= 11 is 0. The lowest BCUT2D eigenvalue weighted by Gasteiger charge is -2.21. The number of aromatic nitrogens is 4. The van der Waals surface area contributed by atoms with E-state index in [1.807, 2.05) is 60.9 Å². The van der Waals surface area contributed by atoms with Crippen molar-refractivity contribution in [3.05, 3.63) is 96.6 Å². The van der Waals surface area contributed by atoms with Gasteiger partial charge in [0.25, 0.3) is 0 Å². The predicted octanol–water partition coefficient (Wildman–Crippen LogP) is 4.21. The summed E-state index contributed by atoms with van der Waals surface area (Å²) in [6.07, 6.45) is 15.3. The van der Waals surface area contributed by atoms with Crippen molar-refractivity contribution in [1.82, 2.24) is 35.1 Å². The van der Waals surface area contributed by atoms with Crippen LogP contribution in [-0.4, -0.2) is 168 Å². The third-order valence-electron chi connectivity index (χ3n) is 9.21. The molecule has 17 nitrogen and oxygen atoms in total. The van der Waals surface area contributed by atoms with Gasteiger partial charge in [-0.25, -0.2) is 14.8 Å². The number of rotatable bonds is 12. The molecule has 6 rings (SSSR count). The summed E-state index contributed by atoms with van der Waals surface area (Å²) in [4.78, 5) is 49.9. The number of aliphatic hydroxyl groups excluding tert-OH is 3. The summed E-state index contributed by atoms with van der Waals surface area (Å²) < 4.78 is 0. The maximum atomic E-state index is 11.7. The second-order valence-corrected chi connectivity index (χ2v) is 14.1. The van der Waals surface area contributed by atoms with Crippen LogP contribution in [0.4, 0.5) is 11.6 Å². The largest absolute Gasteiger partial charge is 0.478 e. The molecule has 0 atom stereocenters. The van der Waals surface area contributed by atoms with Gasteiger partial charge in [0, 0.05) is 82.2 Å². The van der Waals surface area contributed by atoms with Crippen LogP contribution < -0.4 is 26.6 Å². The molecule has 0 saturated carbocycles. The third kappa shape index (κ3) is 23.7. The Kier molecular flexibility index (Phi) is 33.7. The van der Waals surface area contributed by atoms with Gasteiger partial charge in [0.1, 0.15) is 11.6 Å². The Labute approximate surface area is 388 Å². The smallest absolute Gasteiger partial charge is 0.328 e. The summed E-state index contributed by atoms with van der Waals surface area (Å²) in [6.45, 7) is 9.20. The molecule has 2 aliphatic heterocycles. The first-order chi connectivity index (χ1) is 29.6. The van der Waals surface area contributed by atoms with E-state index in [4.69, 9.17) is 41.9 Å². The molecular weight excluding hydrogens is 827 g/mol. The maximum Gasteiger partial charge on any atom is 0.328 e. The molecule has 2 saturated heterocycles. The number of nitrogens with zero attached hydrogens (tertiary/aromatic N) is 8. The van der Waals surface area contributed by atoms with Crippen molar-refractivity contribution in [1.29, 1.82) is 0 Å². The Hall–Kier alpha value is -5.66. The topological polar surface area (TPSA) is 244 Å². The molecule has 0 spiro atoms. The quantitative estimate of drug-likeness (QED) is 0.0985. The van der Waals surface area contributed by atoms with E-state index < -0.39 is 5.97 Å². The fourth-order valence-electron chi connectivity index (χ4n) is 6.03. The first-order valence-corrected chi connectivity index (χ1v) is 20.4.